The second-order valence-electron chi connectivity index (χ2n) is 5.54. The fourth-order valence-electron chi connectivity index (χ4n) is 2.57. The maximum absolute atomic E-state index is 12.2. The van der Waals surface area contributed by atoms with Gasteiger partial charge < -0.3 is 14.8 Å². The van der Waals surface area contributed by atoms with Gasteiger partial charge in [-0.1, -0.05) is 30.3 Å². The predicted molar refractivity (Wildman–Crippen MR) is 95.5 cm³/mol. The summed E-state index contributed by atoms with van der Waals surface area (Å²) in [5, 5.41) is 13.1. The zero-order valence-electron chi connectivity index (χ0n) is 13.1. The van der Waals surface area contributed by atoms with Gasteiger partial charge in [0, 0.05) is 17.3 Å². The van der Waals surface area contributed by atoms with Crippen LogP contribution in [0.1, 0.15) is 10.4 Å². The Balaban J connectivity index is 1.61. The molecule has 25 heavy (non-hydrogen) atoms. The number of carbonyl (C=O) groups excluding carboxylic acids is 1. The van der Waals surface area contributed by atoms with E-state index in [9.17, 15) is 9.90 Å². The first kappa shape index (κ1) is 15.0. The minimum atomic E-state index is -0.241. The number of nitrogens with zero attached hydrogens (tertiary/aromatic N) is 1. The van der Waals surface area contributed by atoms with Crippen LogP contribution in [0.4, 0.5) is 5.69 Å². The molecule has 0 bridgehead atoms. The molecular weight excluding hydrogens is 316 g/mol. The molecule has 0 atom stereocenters. The van der Waals surface area contributed by atoms with Crippen LogP contribution >= 0.6 is 0 Å². The smallest absolute Gasteiger partial charge is 0.255 e. The molecule has 0 spiro atoms. The first-order valence-electron chi connectivity index (χ1n) is 7.76. The number of phenolic OH excluding ortho intramolecular Hbond substituents is 1. The molecule has 0 radical (unpaired) electrons. The van der Waals surface area contributed by atoms with Crippen molar-refractivity contribution in [1.29, 1.82) is 0 Å². The number of anilines is 1. The van der Waals surface area contributed by atoms with Crippen molar-refractivity contribution in [2.75, 3.05) is 5.32 Å². The molecule has 4 aromatic rings. The third-order valence-corrected chi connectivity index (χ3v) is 3.82. The van der Waals surface area contributed by atoms with Gasteiger partial charge in [0.1, 0.15) is 11.3 Å². The number of para-hydroxylation sites is 2. The lowest BCUT2D eigenvalue weighted by Gasteiger charge is -2.07. The molecule has 4 rings (SSSR count). The number of rotatable bonds is 3. The number of benzene rings is 3. The second kappa shape index (κ2) is 6.13. The average Bonchev–Trinajstić information content (AvgIpc) is 3.06. The van der Waals surface area contributed by atoms with Crippen LogP contribution in [0.3, 0.4) is 0 Å². The average molecular weight is 330 g/mol. The minimum Gasteiger partial charge on any atom is -0.507 e. The molecule has 0 aliphatic rings. The molecule has 1 amide bonds. The zero-order chi connectivity index (χ0) is 17.2. The Morgan fingerprint density at radius 1 is 0.960 bits per heavy atom. The Morgan fingerprint density at radius 2 is 1.72 bits per heavy atom. The van der Waals surface area contributed by atoms with E-state index < -0.39 is 0 Å². The third-order valence-electron chi connectivity index (χ3n) is 3.82. The standard InChI is InChI=1S/C20H14N2O3/c23-17-12-14(21-19(24)13-6-2-1-3-7-13)10-11-15(17)20-22-16-8-4-5-9-18(16)25-20/h1-12,23H,(H,21,24). The quantitative estimate of drug-likeness (QED) is 0.582. The molecule has 122 valence electrons. The highest BCUT2D eigenvalue weighted by atomic mass is 16.3. The van der Waals surface area contributed by atoms with Gasteiger partial charge in [-0.2, -0.15) is 0 Å². The molecule has 0 saturated carbocycles. The fourth-order valence-corrected chi connectivity index (χ4v) is 2.57. The van der Waals surface area contributed by atoms with Gasteiger partial charge in [-0.25, -0.2) is 4.98 Å². The lowest BCUT2D eigenvalue weighted by molar-refractivity contribution is 0.102. The molecule has 0 aliphatic heterocycles. The van der Waals surface area contributed by atoms with Gasteiger partial charge >= 0.3 is 0 Å². The number of aromatic hydroxyl groups is 1. The normalized spacial score (nSPS) is 10.7. The number of hydrogen-bond donors (Lipinski definition) is 2. The van der Waals surface area contributed by atoms with E-state index in [2.05, 4.69) is 10.3 Å². The summed E-state index contributed by atoms with van der Waals surface area (Å²) in [5.41, 5.74) is 2.88. The van der Waals surface area contributed by atoms with Gasteiger partial charge in [-0.15, -0.1) is 0 Å². The van der Waals surface area contributed by atoms with Gasteiger partial charge in [0.2, 0.25) is 5.89 Å². The van der Waals surface area contributed by atoms with Crippen LogP contribution in [0, 0.1) is 0 Å². The van der Waals surface area contributed by atoms with Gasteiger partial charge in [-0.05, 0) is 36.4 Å². The van der Waals surface area contributed by atoms with E-state index in [-0.39, 0.29) is 11.7 Å². The first-order valence-corrected chi connectivity index (χ1v) is 7.76. The Morgan fingerprint density at radius 3 is 2.48 bits per heavy atom. The van der Waals surface area contributed by atoms with E-state index in [0.29, 0.717) is 28.3 Å². The highest BCUT2D eigenvalue weighted by Crippen LogP contribution is 2.33. The zero-order valence-corrected chi connectivity index (χ0v) is 13.1. The summed E-state index contributed by atoms with van der Waals surface area (Å²) in [4.78, 5) is 16.5. The number of fused-ring (bicyclic) bond motifs is 1. The molecule has 2 N–H and O–H groups in total. The number of hydrogen-bond acceptors (Lipinski definition) is 4. The third kappa shape index (κ3) is 2.95. The SMILES string of the molecule is O=C(Nc1ccc(-c2nc3ccccc3o2)c(O)c1)c1ccccc1. The lowest BCUT2D eigenvalue weighted by Crippen LogP contribution is -2.11. The maximum Gasteiger partial charge on any atom is 0.255 e. The van der Waals surface area contributed by atoms with E-state index in [1.54, 1.807) is 36.4 Å². The molecule has 1 aromatic heterocycles. The van der Waals surface area contributed by atoms with Crippen molar-refractivity contribution < 1.29 is 14.3 Å². The number of carbonyl (C=O) groups is 1. The molecule has 5 nitrogen and oxygen atoms in total. The highest BCUT2D eigenvalue weighted by Gasteiger charge is 2.13. The van der Waals surface area contributed by atoms with E-state index in [1.807, 2.05) is 30.3 Å². The van der Waals surface area contributed by atoms with Crippen molar-refractivity contribution in [3.8, 4) is 17.2 Å². The number of phenols is 1. The van der Waals surface area contributed by atoms with Crippen LogP contribution < -0.4 is 5.32 Å². The van der Waals surface area contributed by atoms with Gasteiger partial charge in [0.15, 0.2) is 5.58 Å². The van der Waals surface area contributed by atoms with E-state index in [4.69, 9.17) is 4.42 Å². The maximum atomic E-state index is 12.2. The van der Waals surface area contributed by atoms with Gasteiger partial charge in [0.25, 0.3) is 5.91 Å². The van der Waals surface area contributed by atoms with Crippen LogP contribution in [0.15, 0.2) is 77.2 Å². The molecular formula is C20H14N2O3. The summed E-state index contributed by atoms with van der Waals surface area (Å²) < 4.78 is 5.67. The monoisotopic (exact) mass is 330 g/mol. The first-order chi connectivity index (χ1) is 12.2. The van der Waals surface area contributed by atoms with E-state index >= 15 is 0 Å². The van der Waals surface area contributed by atoms with Crippen molar-refractivity contribution in [3.63, 3.8) is 0 Å². The molecule has 1 heterocycles. The lowest BCUT2D eigenvalue weighted by atomic mass is 10.1. The van der Waals surface area contributed by atoms with Crippen LogP contribution in [0.2, 0.25) is 0 Å². The van der Waals surface area contributed by atoms with Crippen LogP contribution in [0.25, 0.3) is 22.6 Å². The molecule has 0 saturated heterocycles. The van der Waals surface area contributed by atoms with Crippen LogP contribution in [0.5, 0.6) is 5.75 Å². The van der Waals surface area contributed by atoms with Crippen molar-refractivity contribution in [2.24, 2.45) is 0 Å². The van der Waals surface area contributed by atoms with E-state index in [1.165, 1.54) is 6.07 Å². The molecule has 0 unspecified atom stereocenters. The van der Waals surface area contributed by atoms with Crippen LogP contribution in [-0.4, -0.2) is 16.0 Å². The van der Waals surface area contributed by atoms with Gasteiger partial charge in [0.05, 0.1) is 5.56 Å². The van der Waals surface area contributed by atoms with Crippen molar-refractivity contribution in [1.82, 2.24) is 4.98 Å². The summed E-state index contributed by atoms with van der Waals surface area (Å²) >= 11 is 0. The molecule has 3 aromatic carbocycles. The Hall–Kier alpha value is -3.60. The number of nitrogens with one attached hydrogen (secondary N) is 1. The largest absolute Gasteiger partial charge is 0.507 e. The highest BCUT2D eigenvalue weighted by molar-refractivity contribution is 6.04. The van der Waals surface area contributed by atoms with Crippen molar-refractivity contribution in [2.45, 2.75) is 0 Å². The minimum absolute atomic E-state index is 0.0163. The molecule has 0 aliphatic carbocycles. The topological polar surface area (TPSA) is 75.4 Å². The van der Waals surface area contributed by atoms with Crippen molar-refractivity contribution in [3.05, 3.63) is 78.4 Å². The number of aromatic nitrogens is 1. The summed E-state index contributed by atoms with van der Waals surface area (Å²) in [5.74, 6) is 0.0756. The molecule has 5 heteroatoms. The Bertz CT molecular complexity index is 1020. The summed E-state index contributed by atoms with van der Waals surface area (Å²) in [6.45, 7) is 0. The van der Waals surface area contributed by atoms with Gasteiger partial charge in [-0.3, -0.25) is 4.79 Å². The summed E-state index contributed by atoms with van der Waals surface area (Å²) in [6.07, 6.45) is 0. The predicted octanol–water partition coefficient (Wildman–Crippen LogP) is 4.45. The Kier molecular flexibility index (Phi) is 3.67. The number of amides is 1. The number of oxazole rings is 1. The van der Waals surface area contributed by atoms with Crippen LogP contribution in [-0.2, 0) is 0 Å². The van der Waals surface area contributed by atoms with E-state index in [0.717, 1.165) is 5.52 Å². The van der Waals surface area contributed by atoms with Crippen molar-refractivity contribution >= 4 is 22.7 Å². The summed E-state index contributed by atoms with van der Waals surface area (Å²) in [7, 11) is 0. The second-order valence-corrected chi connectivity index (χ2v) is 5.54. The summed E-state index contributed by atoms with van der Waals surface area (Å²) in [6, 6.07) is 21.1. The Labute approximate surface area is 143 Å². The molecule has 0 fully saturated rings. The fraction of sp³-hybridized carbons (Fsp3) is 0.